The summed E-state index contributed by atoms with van der Waals surface area (Å²) in [6, 6.07) is 14.5. The Balaban J connectivity index is 1.72. The van der Waals surface area contributed by atoms with Crippen molar-refractivity contribution in [3.8, 4) is 11.3 Å². The van der Waals surface area contributed by atoms with Gasteiger partial charge in [0.05, 0.1) is 16.8 Å². The van der Waals surface area contributed by atoms with Crippen molar-refractivity contribution < 1.29 is 9.90 Å². The molecule has 0 amide bonds. The minimum absolute atomic E-state index is 0.323. The number of aromatic carboxylic acids is 1. The van der Waals surface area contributed by atoms with Crippen molar-refractivity contribution in [1.82, 2.24) is 4.98 Å². The molecule has 0 radical (unpaired) electrons. The van der Waals surface area contributed by atoms with E-state index < -0.39 is 5.97 Å². The molecule has 0 saturated heterocycles. The second-order valence-corrected chi connectivity index (χ2v) is 9.25. The molecular formula is C26H26N2O2S. The smallest absolute Gasteiger partial charge is 0.336 e. The molecule has 4 nitrogen and oxygen atoms in total. The number of carbonyl (C=O) groups is 1. The van der Waals surface area contributed by atoms with E-state index in [1.54, 1.807) is 17.4 Å². The van der Waals surface area contributed by atoms with Crippen molar-refractivity contribution >= 4 is 44.0 Å². The normalized spacial score (nSPS) is 14.9. The number of thiophene rings is 1. The Labute approximate surface area is 185 Å². The number of hydrogen-bond donors (Lipinski definition) is 2. The summed E-state index contributed by atoms with van der Waals surface area (Å²) in [4.78, 5) is 17.4. The largest absolute Gasteiger partial charge is 0.478 e. The number of nitrogens with zero attached hydrogens (tertiary/aromatic N) is 1. The van der Waals surface area contributed by atoms with Gasteiger partial charge in [-0.05, 0) is 43.0 Å². The van der Waals surface area contributed by atoms with Crippen molar-refractivity contribution in [2.45, 2.75) is 51.5 Å². The van der Waals surface area contributed by atoms with Gasteiger partial charge < -0.3 is 10.4 Å². The molecule has 2 heterocycles. The Morgan fingerprint density at radius 1 is 1.16 bits per heavy atom. The third-order valence-electron chi connectivity index (χ3n) is 6.38. The molecule has 2 aromatic heterocycles. The van der Waals surface area contributed by atoms with Crippen LogP contribution in [0.2, 0.25) is 0 Å². The predicted octanol–water partition coefficient (Wildman–Crippen LogP) is 7.12. The van der Waals surface area contributed by atoms with E-state index in [9.17, 15) is 9.90 Å². The summed E-state index contributed by atoms with van der Waals surface area (Å²) in [5, 5.41) is 17.7. The average molecular weight is 431 g/mol. The molecule has 1 saturated carbocycles. The molecular weight excluding hydrogens is 404 g/mol. The minimum atomic E-state index is -0.909. The average Bonchev–Trinajstić information content (AvgIpc) is 3.23. The van der Waals surface area contributed by atoms with E-state index >= 15 is 0 Å². The maximum Gasteiger partial charge on any atom is 0.336 e. The van der Waals surface area contributed by atoms with Gasteiger partial charge in [-0.2, -0.15) is 0 Å². The summed E-state index contributed by atoms with van der Waals surface area (Å²) >= 11 is 1.67. The molecule has 1 aliphatic carbocycles. The summed E-state index contributed by atoms with van der Waals surface area (Å²) in [5.74, 6) is -0.909. The number of fused-ring (bicyclic) bond motifs is 2. The number of carboxylic acids is 1. The lowest BCUT2D eigenvalue weighted by molar-refractivity contribution is 0.0699. The van der Waals surface area contributed by atoms with E-state index in [0.717, 1.165) is 58.1 Å². The van der Waals surface area contributed by atoms with Crippen LogP contribution in [-0.2, 0) is 6.42 Å². The van der Waals surface area contributed by atoms with Gasteiger partial charge in [-0.15, -0.1) is 11.3 Å². The molecule has 0 atom stereocenters. The number of benzene rings is 2. The van der Waals surface area contributed by atoms with Crippen LogP contribution in [0.25, 0.3) is 32.2 Å². The molecule has 158 valence electrons. The fraction of sp³-hybridized carbons (Fsp3) is 0.308. The Morgan fingerprint density at radius 2 is 1.97 bits per heavy atom. The van der Waals surface area contributed by atoms with Crippen molar-refractivity contribution in [2.24, 2.45) is 0 Å². The Bertz CT molecular complexity index is 1270. The van der Waals surface area contributed by atoms with Crippen molar-refractivity contribution in [3.05, 3.63) is 59.0 Å². The first-order valence-electron chi connectivity index (χ1n) is 11.1. The van der Waals surface area contributed by atoms with Gasteiger partial charge in [0.25, 0.3) is 0 Å². The van der Waals surface area contributed by atoms with Crippen LogP contribution in [0.3, 0.4) is 0 Å². The number of carboxylic acid groups (broad SMARTS) is 1. The molecule has 1 aliphatic rings. The summed E-state index contributed by atoms with van der Waals surface area (Å²) in [6.07, 6.45) is 6.80. The third kappa shape index (κ3) is 3.68. The molecule has 2 aromatic carbocycles. The molecule has 5 rings (SSSR count). The first kappa shape index (κ1) is 20.0. The highest BCUT2D eigenvalue weighted by Gasteiger charge is 2.21. The first-order chi connectivity index (χ1) is 15.2. The standard InChI is InChI=1S/C26H26N2O2S/c1-2-16-12-13-21(27-17-8-4-3-5-9-17)24-19(26(29)30)14-22(28-25(16)24)20-15-31-23-11-7-6-10-18(20)23/h6-7,10-15,17,27H,2-5,8-9H2,1H3,(H,29,30). The maximum atomic E-state index is 12.4. The van der Waals surface area contributed by atoms with Crippen molar-refractivity contribution in [2.75, 3.05) is 5.32 Å². The topological polar surface area (TPSA) is 62.2 Å². The molecule has 2 N–H and O–H groups in total. The first-order valence-corrected chi connectivity index (χ1v) is 12.0. The predicted molar refractivity (Wildman–Crippen MR) is 129 cm³/mol. The summed E-state index contributed by atoms with van der Waals surface area (Å²) in [6.45, 7) is 2.10. The van der Waals surface area contributed by atoms with Gasteiger partial charge in [0, 0.05) is 38.1 Å². The molecule has 0 aliphatic heterocycles. The Hall–Kier alpha value is -2.92. The lowest BCUT2D eigenvalue weighted by Gasteiger charge is -2.25. The van der Waals surface area contributed by atoms with Gasteiger partial charge in [-0.3, -0.25) is 0 Å². The van der Waals surface area contributed by atoms with Crippen LogP contribution in [0, 0.1) is 0 Å². The molecule has 0 spiro atoms. The maximum absolute atomic E-state index is 12.4. The van der Waals surface area contributed by atoms with Gasteiger partial charge in [0.1, 0.15) is 0 Å². The van der Waals surface area contributed by atoms with Gasteiger partial charge in [-0.1, -0.05) is 50.5 Å². The number of anilines is 1. The van der Waals surface area contributed by atoms with Gasteiger partial charge in [-0.25, -0.2) is 9.78 Å². The second kappa shape index (κ2) is 8.31. The Kier molecular flexibility index (Phi) is 5.36. The quantitative estimate of drug-likeness (QED) is 0.354. The molecule has 31 heavy (non-hydrogen) atoms. The summed E-state index contributed by atoms with van der Waals surface area (Å²) < 4.78 is 1.18. The van der Waals surface area contributed by atoms with Crippen LogP contribution in [-0.4, -0.2) is 22.1 Å². The number of aromatic nitrogens is 1. The van der Waals surface area contributed by atoms with Crippen LogP contribution in [0.15, 0.2) is 47.8 Å². The Morgan fingerprint density at radius 3 is 2.74 bits per heavy atom. The van der Waals surface area contributed by atoms with E-state index in [0.29, 0.717) is 11.6 Å². The molecule has 0 unspecified atom stereocenters. The van der Waals surface area contributed by atoms with Crippen molar-refractivity contribution in [3.63, 3.8) is 0 Å². The number of nitrogens with one attached hydrogen (secondary N) is 1. The molecule has 4 aromatic rings. The zero-order chi connectivity index (χ0) is 21.4. The minimum Gasteiger partial charge on any atom is -0.478 e. The van der Waals surface area contributed by atoms with Crippen molar-refractivity contribution in [1.29, 1.82) is 0 Å². The summed E-state index contributed by atoms with van der Waals surface area (Å²) in [5.41, 5.74) is 4.82. The fourth-order valence-corrected chi connectivity index (χ4v) is 5.71. The van der Waals surface area contributed by atoms with Gasteiger partial charge in [0.2, 0.25) is 0 Å². The van der Waals surface area contributed by atoms with Gasteiger partial charge in [0.15, 0.2) is 0 Å². The van der Waals surface area contributed by atoms with Crippen LogP contribution >= 0.6 is 11.3 Å². The van der Waals surface area contributed by atoms with Crippen LogP contribution in [0.5, 0.6) is 0 Å². The van der Waals surface area contributed by atoms with Crippen LogP contribution < -0.4 is 5.32 Å². The summed E-state index contributed by atoms with van der Waals surface area (Å²) in [7, 11) is 0. The number of aryl methyl sites for hydroxylation is 1. The zero-order valence-electron chi connectivity index (χ0n) is 17.6. The highest BCUT2D eigenvalue weighted by atomic mass is 32.1. The number of rotatable bonds is 5. The van der Waals surface area contributed by atoms with Crippen LogP contribution in [0.1, 0.15) is 54.9 Å². The highest BCUT2D eigenvalue weighted by molar-refractivity contribution is 7.17. The molecule has 1 fully saturated rings. The second-order valence-electron chi connectivity index (χ2n) is 8.33. The van der Waals surface area contributed by atoms with E-state index in [-0.39, 0.29) is 0 Å². The SMILES string of the molecule is CCc1ccc(NC2CCCCC2)c2c(C(=O)O)cc(-c3csc4ccccc34)nc12. The molecule has 5 heteroatoms. The lowest BCUT2D eigenvalue weighted by atomic mass is 9.94. The van der Waals surface area contributed by atoms with E-state index in [2.05, 4.69) is 35.8 Å². The third-order valence-corrected chi connectivity index (χ3v) is 7.34. The van der Waals surface area contributed by atoms with Crippen LogP contribution in [0.4, 0.5) is 5.69 Å². The highest BCUT2D eigenvalue weighted by Crippen LogP contribution is 2.38. The number of pyridine rings is 1. The van der Waals surface area contributed by atoms with Gasteiger partial charge >= 0.3 is 5.97 Å². The van der Waals surface area contributed by atoms with E-state index in [4.69, 9.17) is 4.98 Å². The molecule has 0 bridgehead atoms. The lowest BCUT2D eigenvalue weighted by Crippen LogP contribution is -2.22. The zero-order valence-corrected chi connectivity index (χ0v) is 18.5. The fourth-order valence-electron chi connectivity index (χ4n) is 4.75. The van der Waals surface area contributed by atoms with E-state index in [1.165, 1.54) is 24.0 Å². The number of hydrogen-bond acceptors (Lipinski definition) is 4. The monoisotopic (exact) mass is 430 g/mol. The van der Waals surface area contributed by atoms with E-state index in [1.807, 2.05) is 18.2 Å².